The second-order valence-electron chi connectivity index (χ2n) is 11.6. The molecule has 1 unspecified atom stereocenters. The molecule has 0 radical (unpaired) electrons. The van der Waals surface area contributed by atoms with Gasteiger partial charge in [-0.1, -0.05) is 23.7 Å². The van der Waals surface area contributed by atoms with Crippen LogP contribution in [0.25, 0.3) is 16.6 Å². The molecule has 0 saturated carbocycles. The summed E-state index contributed by atoms with van der Waals surface area (Å²) in [6, 6.07) is 16.1. The Morgan fingerprint density at radius 2 is 1.62 bits per heavy atom. The number of nitrogens with zero attached hydrogens (tertiary/aromatic N) is 5. The summed E-state index contributed by atoms with van der Waals surface area (Å²) in [4.78, 5) is 68.7. The number of likely N-dealkylation sites (tertiary alicyclic amines) is 1. The highest BCUT2D eigenvalue weighted by Gasteiger charge is 2.26. The van der Waals surface area contributed by atoms with Crippen molar-refractivity contribution in [3.8, 4) is 5.69 Å². The van der Waals surface area contributed by atoms with E-state index >= 15 is 0 Å². The maximum atomic E-state index is 13.7. The van der Waals surface area contributed by atoms with Crippen molar-refractivity contribution in [1.82, 2.24) is 35.4 Å². The van der Waals surface area contributed by atoms with Crippen LogP contribution in [0.3, 0.4) is 0 Å². The molecule has 5 aromatic rings. The third-order valence-electron chi connectivity index (χ3n) is 8.04. The van der Waals surface area contributed by atoms with Crippen molar-refractivity contribution in [2.24, 2.45) is 0 Å². The van der Waals surface area contributed by atoms with E-state index in [0.717, 1.165) is 19.3 Å². The molecule has 1 atom stereocenters. The third-order valence-corrected chi connectivity index (χ3v) is 8.27. The Morgan fingerprint density at radius 1 is 0.860 bits per heavy atom. The summed E-state index contributed by atoms with van der Waals surface area (Å²) in [6.45, 7) is 1.39. The number of anilines is 3. The van der Waals surface area contributed by atoms with Crippen molar-refractivity contribution in [1.29, 1.82) is 0 Å². The molecule has 3 aromatic carbocycles. The van der Waals surface area contributed by atoms with Crippen LogP contribution in [0.5, 0.6) is 0 Å². The van der Waals surface area contributed by atoms with Gasteiger partial charge in [0.2, 0.25) is 5.91 Å². The number of tetrazole rings is 1. The first-order valence-corrected chi connectivity index (χ1v) is 16.0. The molecule has 5 amide bonds. The molecule has 0 bridgehead atoms. The molecule has 1 saturated heterocycles. The smallest absolute Gasteiger partial charge is 0.352 e. The number of carboxylic acid groups (broad SMARTS) is 1. The molecule has 17 heteroatoms. The third kappa shape index (κ3) is 8.04. The minimum Gasteiger partial charge on any atom is -0.477 e. The summed E-state index contributed by atoms with van der Waals surface area (Å²) in [6.07, 6.45) is 4.30. The molecule has 0 aliphatic carbocycles. The number of urea groups is 1. The number of nitrogens with one attached hydrogen (secondary N) is 5. The predicted molar refractivity (Wildman–Crippen MR) is 183 cm³/mol. The largest absolute Gasteiger partial charge is 0.477 e. The van der Waals surface area contributed by atoms with Crippen LogP contribution < -0.4 is 21.3 Å². The van der Waals surface area contributed by atoms with Crippen molar-refractivity contribution in [3.05, 3.63) is 89.3 Å². The van der Waals surface area contributed by atoms with Crippen molar-refractivity contribution in [2.45, 2.75) is 31.7 Å². The number of hydrogen-bond donors (Lipinski definition) is 6. The lowest BCUT2D eigenvalue weighted by Gasteiger charge is -2.26. The molecule has 0 spiro atoms. The maximum absolute atomic E-state index is 13.7. The monoisotopic (exact) mass is 698 g/mol. The van der Waals surface area contributed by atoms with Gasteiger partial charge in [0.1, 0.15) is 18.1 Å². The van der Waals surface area contributed by atoms with Gasteiger partial charge in [-0.25, -0.2) is 9.59 Å². The fourth-order valence-electron chi connectivity index (χ4n) is 5.51. The van der Waals surface area contributed by atoms with Crippen molar-refractivity contribution in [3.63, 3.8) is 0 Å². The van der Waals surface area contributed by atoms with E-state index in [2.05, 4.69) is 41.8 Å². The number of carboxylic acids is 1. The molecule has 16 nitrogen and oxygen atoms in total. The van der Waals surface area contributed by atoms with Gasteiger partial charge in [0, 0.05) is 46.8 Å². The van der Waals surface area contributed by atoms with Gasteiger partial charge in [-0.05, 0) is 89.8 Å². The number of carbonyl (C=O) groups is 5. The normalized spacial score (nSPS) is 13.3. The molecule has 50 heavy (non-hydrogen) atoms. The minimum absolute atomic E-state index is 0.0156. The van der Waals surface area contributed by atoms with Gasteiger partial charge in [-0.15, -0.1) is 5.10 Å². The standard InChI is InChI=1S/C33H31ClN10O6/c34-21-6-11-28(44-18-35-41-42-44)25(17-21)39-30(46)31(47)40-26(29(45)36-23-9-10-24-20(15-23)16-27(38-24)32(48)49)14-19-4-7-22(8-5-19)37-33(50)43-12-2-1-3-13-43/h4-11,15-18,26,38H,1-3,12-14H2,(H,36,45)(H,37,50)(H,39,46)(H,40,47)(H,48,49). The summed E-state index contributed by atoms with van der Waals surface area (Å²) in [5.74, 6) is -3.96. The van der Waals surface area contributed by atoms with Gasteiger partial charge in [-0.2, -0.15) is 4.68 Å². The van der Waals surface area contributed by atoms with Crippen LogP contribution in [0.2, 0.25) is 5.02 Å². The zero-order valence-corrected chi connectivity index (χ0v) is 27.1. The van der Waals surface area contributed by atoms with E-state index in [9.17, 15) is 29.1 Å². The summed E-state index contributed by atoms with van der Waals surface area (Å²) in [7, 11) is 0. The average molecular weight is 699 g/mol. The molecule has 256 valence electrons. The summed E-state index contributed by atoms with van der Waals surface area (Å²) in [5, 5.41) is 31.8. The van der Waals surface area contributed by atoms with Gasteiger partial charge in [-0.3, -0.25) is 14.4 Å². The van der Waals surface area contributed by atoms with Crippen LogP contribution in [-0.2, 0) is 20.8 Å². The van der Waals surface area contributed by atoms with E-state index in [1.807, 2.05) is 0 Å². The number of aromatic nitrogens is 5. The molecule has 6 N–H and O–H groups in total. The Kier molecular flexibility index (Phi) is 9.99. The van der Waals surface area contributed by atoms with E-state index in [0.29, 0.717) is 46.6 Å². The molecule has 1 fully saturated rings. The molecule has 1 aliphatic rings. The first-order valence-electron chi connectivity index (χ1n) is 15.6. The number of halogens is 1. The van der Waals surface area contributed by atoms with Crippen LogP contribution in [0, 0.1) is 0 Å². The highest BCUT2D eigenvalue weighted by atomic mass is 35.5. The number of piperidine rings is 1. The van der Waals surface area contributed by atoms with Gasteiger partial charge in [0.05, 0.1) is 11.4 Å². The molecule has 3 heterocycles. The molecule has 6 rings (SSSR count). The topological polar surface area (TPSA) is 216 Å². The number of aromatic carboxylic acids is 1. The molecular formula is C33H31ClN10O6. The van der Waals surface area contributed by atoms with Crippen molar-refractivity contribution < 1.29 is 29.1 Å². The SMILES string of the molecule is O=C(Nc1cc(Cl)ccc1-n1cnnn1)C(=O)NC(Cc1ccc(NC(=O)N2CCCCC2)cc1)C(=O)Nc1ccc2[nH]c(C(=O)O)cc2c1. The number of benzene rings is 3. The fraction of sp³-hybridized carbons (Fsp3) is 0.212. The lowest BCUT2D eigenvalue weighted by Crippen LogP contribution is -2.49. The number of rotatable bonds is 9. The first kappa shape index (κ1) is 33.6. The Bertz CT molecular complexity index is 2060. The van der Waals surface area contributed by atoms with Gasteiger partial charge >= 0.3 is 23.8 Å². The summed E-state index contributed by atoms with van der Waals surface area (Å²) >= 11 is 6.14. The van der Waals surface area contributed by atoms with E-state index < -0.39 is 29.7 Å². The van der Waals surface area contributed by atoms with Crippen molar-refractivity contribution >= 4 is 69.3 Å². The number of fused-ring (bicyclic) bond motifs is 1. The summed E-state index contributed by atoms with van der Waals surface area (Å²) in [5.41, 5.74) is 2.55. The number of aromatic amines is 1. The number of carbonyl (C=O) groups excluding carboxylic acids is 4. The minimum atomic E-state index is -1.24. The van der Waals surface area contributed by atoms with Crippen LogP contribution >= 0.6 is 11.6 Å². The van der Waals surface area contributed by atoms with Crippen LogP contribution in [-0.4, -0.2) is 84.1 Å². The first-order chi connectivity index (χ1) is 24.1. The highest BCUT2D eigenvalue weighted by Crippen LogP contribution is 2.24. The Morgan fingerprint density at radius 3 is 2.34 bits per heavy atom. The second kappa shape index (κ2) is 14.9. The number of amides is 5. The van der Waals surface area contributed by atoms with Gasteiger partial charge in [0.25, 0.3) is 0 Å². The quantitative estimate of drug-likeness (QED) is 0.123. The highest BCUT2D eigenvalue weighted by molar-refractivity contribution is 6.40. The molecular weight excluding hydrogens is 668 g/mol. The predicted octanol–water partition coefficient (Wildman–Crippen LogP) is 3.82. The van der Waals surface area contributed by atoms with Crippen LogP contribution in [0.4, 0.5) is 21.9 Å². The molecule has 2 aromatic heterocycles. The Hall–Kier alpha value is -6.29. The van der Waals surface area contributed by atoms with E-state index in [1.54, 1.807) is 59.5 Å². The zero-order chi connectivity index (χ0) is 35.2. The maximum Gasteiger partial charge on any atom is 0.352 e. The number of hydrogen-bond acceptors (Lipinski definition) is 8. The number of H-pyrrole nitrogens is 1. The lowest BCUT2D eigenvalue weighted by molar-refractivity contribution is -0.137. The average Bonchev–Trinajstić information content (AvgIpc) is 3.80. The zero-order valence-electron chi connectivity index (χ0n) is 26.4. The van der Waals surface area contributed by atoms with E-state index in [4.69, 9.17) is 11.6 Å². The Balaban J connectivity index is 1.19. The van der Waals surface area contributed by atoms with Crippen LogP contribution in [0.15, 0.2) is 73.1 Å². The van der Waals surface area contributed by atoms with E-state index in [-0.39, 0.29) is 28.9 Å². The van der Waals surface area contributed by atoms with Gasteiger partial charge < -0.3 is 36.3 Å². The molecule has 1 aliphatic heterocycles. The lowest BCUT2D eigenvalue weighted by atomic mass is 10.0. The fourth-order valence-corrected chi connectivity index (χ4v) is 5.68. The second-order valence-corrected chi connectivity index (χ2v) is 12.0. The van der Waals surface area contributed by atoms with E-state index in [1.165, 1.54) is 23.1 Å². The summed E-state index contributed by atoms with van der Waals surface area (Å²) < 4.78 is 1.28. The van der Waals surface area contributed by atoms with Crippen LogP contribution in [0.1, 0.15) is 35.3 Å². The van der Waals surface area contributed by atoms with Crippen molar-refractivity contribution in [2.75, 3.05) is 29.0 Å². The van der Waals surface area contributed by atoms with Gasteiger partial charge in [0.15, 0.2) is 0 Å². The Labute approximate surface area is 289 Å².